The van der Waals surface area contributed by atoms with E-state index in [9.17, 15) is 4.79 Å². The molecule has 0 fully saturated rings. The molecular weight excluding hydrogens is 262 g/mol. The number of carboxylic acids is 1. The molecule has 0 aliphatic carbocycles. The van der Waals surface area contributed by atoms with E-state index < -0.39 is 5.97 Å². The van der Waals surface area contributed by atoms with E-state index in [0.29, 0.717) is 18.2 Å². The van der Waals surface area contributed by atoms with Crippen LogP contribution in [0.3, 0.4) is 0 Å². The van der Waals surface area contributed by atoms with E-state index >= 15 is 0 Å². The van der Waals surface area contributed by atoms with E-state index in [1.807, 2.05) is 24.3 Å². The smallest absolute Gasteiger partial charge is 0.335 e. The Morgan fingerprint density at radius 1 is 1.14 bits per heavy atom. The third-order valence-electron chi connectivity index (χ3n) is 3.51. The fourth-order valence-corrected chi connectivity index (χ4v) is 2.42. The molecule has 0 bridgehead atoms. The molecule has 0 aliphatic rings. The molecule has 2 aromatic carbocycles. The summed E-state index contributed by atoms with van der Waals surface area (Å²) in [4.78, 5) is 11.0. The van der Waals surface area contributed by atoms with Gasteiger partial charge in [0.15, 0.2) is 0 Å². The number of hydrogen-bond acceptors (Lipinski definition) is 2. The second kappa shape index (κ2) is 7.60. The van der Waals surface area contributed by atoms with Crippen LogP contribution in [-0.2, 0) is 6.54 Å². The number of hydrogen-bond donors (Lipinski definition) is 2. The van der Waals surface area contributed by atoms with E-state index in [1.165, 1.54) is 5.56 Å². The van der Waals surface area contributed by atoms with Crippen molar-refractivity contribution in [3.05, 3.63) is 71.3 Å². The van der Waals surface area contributed by atoms with Gasteiger partial charge in [0.25, 0.3) is 0 Å². The molecule has 2 N–H and O–H groups in total. The van der Waals surface area contributed by atoms with Crippen molar-refractivity contribution in [2.75, 3.05) is 0 Å². The fourth-order valence-electron chi connectivity index (χ4n) is 2.42. The largest absolute Gasteiger partial charge is 0.478 e. The highest BCUT2D eigenvalue weighted by Crippen LogP contribution is 2.19. The molecule has 110 valence electrons. The first kappa shape index (κ1) is 15.3. The van der Waals surface area contributed by atoms with Crippen molar-refractivity contribution >= 4 is 5.97 Å². The molecular formula is C18H21NO2. The van der Waals surface area contributed by atoms with Gasteiger partial charge in [-0.1, -0.05) is 55.8 Å². The highest BCUT2D eigenvalue weighted by molar-refractivity contribution is 5.87. The first-order chi connectivity index (χ1) is 10.2. The van der Waals surface area contributed by atoms with Crippen LogP contribution in [0, 0.1) is 0 Å². The summed E-state index contributed by atoms with van der Waals surface area (Å²) in [5.41, 5.74) is 2.60. The zero-order valence-electron chi connectivity index (χ0n) is 12.3. The predicted molar refractivity (Wildman–Crippen MR) is 84.3 cm³/mol. The van der Waals surface area contributed by atoms with Crippen LogP contribution in [0.25, 0.3) is 0 Å². The summed E-state index contributed by atoms with van der Waals surface area (Å²) < 4.78 is 0. The van der Waals surface area contributed by atoms with Crippen molar-refractivity contribution in [2.45, 2.75) is 32.4 Å². The van der Waals surface area contributed by atoms with Crippen LogP contribution in [0.4, 0.5) is 0 Å². The second-order valence-electron chi connectivity index (χ2n) is 5.14. The number of rotatable bonds is 7. The number of benzene rings is 2. The summed E-state index contributed by atoms with van der Waals surface area (Å²) in [6.07, 6.45) is 2.16. The normalized spacial score (nSPS) is 12.0. The zero-order valence-corrected chi connectivity index (χ0v) is 12.3. The van der Waals surface area contributed by atoms with E-state index in [0.717, 1.165) is 18.4 Å². The van der Waals surface area contributed by atoms with E-state index in [-0.39, 0.29) is 0 Å². The molecule has 0 spiro atoms. The van der Waals surface area contributed by atoms with Gasteiger partial charge in [-0.3, -0.25) is 0 Å². The quantitative estimate of drug-likeness (QED) is 0.807. The van der Waals surface area contributed by atoms with E-state index in [2.05, 4.69) is 24.4 Å². The zero-order chi connectivity index (χ0) is 15.1. The Labute approximate surface area is 125 Å². The molecule has 0 saturated carbocycles. The monoisotopic (exact) mass is 283 g/mol. The van der Waals surface area contributed by atoms with Crippen LogP contribution in [-0.4, -0.2) is 11.1 Å². The predicted octanol–water partition coefficient (Wildman–Crippen LogP) is 4.02. The van der Waals surface area contributed by atoms with Crippen LogP contribution in [0.5, 0.6) is 0 Å². The average molecular weight is 283 g/mol. The lowest BCUT2D eigenvalue weighted by Crippen LogP contribution is -2.21. The lowest BCUT2D eigenvalue weighted by atomic mass is 10.0. The van der Waals surface area contributed by atoms with Gasteiger partial charge in [0.1, 0.15) is 0 Å². The third-order valence-corrected chi connectivity index (χ3v) is 3.51. The highest BCUT2D eigenvalue weighted by Gasteiger charge is 2.10. The van der Waals surface area contributed by atoms with Gasteiger partial charge in [0.2, 0.25) is 0 Å². The number of aromatic carboxylic acids is 1. The first-order valence-corrected chi connectivity index (χ1v) is 7.31. The van der Waals surface area contributed by atoms with Crippen LogP contribution in [0.15, 0.2) is 54.6 Å². The summed E-state index contributed by atoms with van der Waals surface area (Å²) in [5.74, 6) is -0.884. The molecule has 0 amide bonds. The van der Waals surface area contributed by atoms with Gasteiger partial charge in [-0.2, -0.15) is 0 Å². The first-order valence-electron chi connectivity index (χ1n) is 7.31. The summed E-state index contributed by atoms with van der Waals surface area (Å²) in [7, 11) is 0. The molecule has 21 heavy (non-hydrogen) atoms. The molecule has 3 nitrogen and oxygen atoms in total. The summed E-state index contributed by atoms with van der Waals surface area (Å²) in [6.45, 7) is 2.84. The topological polar surface area (TPSA) is 49.3 Å². The molecule has 0 saturated heterocycles. The van der Waals surface area contributed by atoms with Crippen LogP contribution in [0.1, 0.15) is 47.3 Å². The van der Waals surface area contributed by atoms with Gasteiger partial charge in [-0.25, -0.2) is 4.79 Å². The average Bonchev–Trinajstić information content (AvgIpc) is 2.52. The SMILES string of the molecule is CCCC(NCc1cccc(C(=O)O)c1)c1ccccc1. The van der Waals surface area contributed by atoms with Crippen molar-refractivity contribution in [1.82, 2.24) is 5.32 Å². The minimum atomic E-state index is -0.884. The maximum atomic E-state index is 11.0. The van der Waals surface area contributed by atoms with Crippen molar-refractivity contribution in [1.29, 1.82) is 0 Å². The minimum absolute atomic E-state index is 0.296. The molecule has 1 atom stereocenters. The van der Waals surface area contributed by atoms with Crippen LogP contribution >= 0.6 is 0 Å². The van der Waals surface area contributed by atoms with Gasteiger partial charge in [-0.15, -0.1) is 0 Å². The Hall–Kier alpha value is -2.13. The standard InChI is InChI=1S/C18H21NO2/c1-2-7-17(15-9-4-3-5-10-15)19-13-14-8-6-11-16(12-14)18(20)21/h3-6,8-12,17,19H,2,7,13H2,1H3,(H,20,21). The Bertz CT molecular complexity index is 581. The molecule has 2 aromatic rings. The Kier molecular flexibility index (Phi) is 5.52. The fraction of sp³-hybridized carbons (Fsp3) is 0.278. The lowest BCUT2D eigenvalue weighted by Gasteiger charge is -2.19. The lowest BCUT2D eigenvalue weighted by molar-refractivity contribution is 0.0696. The van der Waals surface area contributed by atoms with Gasteiger partial charge in [0, 0.05) is 12.6 Å². The molecule has 0 aromatic heterocycles. The van der Waals surface area contributed by atoms with Gasteiger partial charge in [0.05, 0.1) is 5.56 Å². The third kappa shape index (κ3) is 4.43. The number of nitrogens with one attached hydrogen (secondary N) is 1. The minimum Gasteiger partial charge on any atom is -0.478 e. The van der Waals surface area contributed by atoms with Crippen molar-refractivity contribution in [3.8, 4) is 0 Å². The summed E-state index contributed by atoms with van der Waals surface area (Å²) in [6, 6.07) is 17.7. The van der Waals surface area contributed by atoms with Crippen LogP contribution in [0.2, 0.25) is 0 Å². The van der Waals surface area contributed by atoms with Crippen molar-refractivity contribution in [2.24, 2.45) is 0 Å². The number of carbonyl (C=O) groups is 1. The van der Waals surface area contributed by atoms with Gasteiger partial charge in [-0.05, 0) is 29.7 Å². The highest BCUT2D eigenvalue weighted by atomic mass is 16.4. The van der Waals surface area contributed by atoms with E-state index in [4.69, 9.17) is 5.11 Å². The second-order valence-corrected chi connectivity index (χ2v) is 5.14. The molecule has 2 rings (SSSR count). The van der Waals surface area contributed by atoms with Gasteiger partial charge < -0.3 is 10.4 Å². The maximum absolute atomic E-state index is 11.0. The summed E-state index contributed by atoms with van der Waals surface area (Å²) >= 11 is 0. The van der Waals surface area contributed by atoms with Crippen molar-refractivity contribution < 1.29 is 9.90 Å². The van der Waals surface area contributed by atoms with Crippen molar-refractivity contribution in [3.63, 3.8) is 0 Å². The Morgan fingerprint density at radius 2 is 1.90 bits per heavy atom. The van der Waals surface area contributed by atoms with E-state index in [1.54, 1.807) is 18.2 Å². The maximum Gasteiger partial charge on any atom is 0.335 e. The van der Waals surface area contributed by atoms with Crippen LogP contribution < -0.4 is 5.32 Å². The Morgan fingerprint density at radius 3 is 2.57 bits per heavy atom. The molecule has 0 aliphatic heterocycles. The molecule has 0 heterocycles. The van der Waals surface area contributed by atoms with Gasteiger partial charge >= 0.3 is 5.97 Å². The molecule has 0 radical (unpaired) electrons. The summed E-state index contributed by atoms with van der Waals surface area (Å²) in [5, 5.41) is 12.6. The Balaban J connectivity index is 2.05. The molecule has 1 unspecified atom stereocenters. The molecule has 3 heteroatoms. The number of carboxylic acid groups (broad SMARTS) is 1.